The molecule has 0 amide bonds. The number of carbonyl (C=O) groups excluding carboxylic acids is 1. The zero-order valence-electron chi connectivity index (χ0n) is 25.3. The molecule has 0 radical (unpaired) electrons. The average Bonchev–Trinajstić information content (AvgIpc) is 3.11. The molecule has 5 aromatic carbocycles. The minimum Gasteiger partial charge on any atom is -0.611 e. The summed E-state index contributed by atoms with van der Waals surface area (Å²) in [5.74, 6) is -0.842. The Morgan fingerprint density at radius 1 is 0.660 bits per heavy atom. The van der Waals surface area contributed by atoms with E-state index in [4.69, 9.17) is 4.74 Å². The highest BCUT2D eigenvalue weighted by atomic mass is 32.2. The number of aromatic nitrogens is 1. The fourth-order valence-corrected chi connectivity index (χ4v) is 7.50. The fourth-order valence-electron chi connectivity index (χ4n) is 5.31. The van der Waals surface area contributed by atoms with E-state index < -0.39 is 28.3 Å². The number of carboxylic acid groups (broad SMARTS) is 1. The second kappa shape index (κ2) is 14.2. The lowest BCUT2D eigenvalue weighted by atomic mass is 10.0. The normalized spacial score (nSPS) is 12.4. The van der Waals surface area contributed by atoms with Gasteiger partial charge in [-0.2, -0.15) is 0 Å². The maximum Gasteiger partial charge on any atom is 0.337 e. The lowest BCUT2D eigenvalue weighted by Gasteiger charge is -2.14. The van der Waals surface area contributed by atoms with Gasteiger partial charge in [0.15, 0.2) is 15.5 Å². The molecule has 0 bridgehead atoms. The number of methoxy groups -OCH3 is 1. The Hall–Kier alpha value is -4.93. The van der Waals surface area contributed by atoms with Gasteiger partial charge in [-0.25, -0.2) is 9.59 Å². The number of rotatable bonds is 10. The molecule has 0 aliphatic carbocycles. The molecule has 6 aromatic rings. The third kappa shape index (κ3) is 7.24. The quantitative estimate of drug-likeness (QED) is 0.118. The van der Waals surface area contributed by atoms with Crippen LogP contribution in [0.1, 0.15) is 32.0 Å². The second-order valence-electron chi connectivity index (χ2n) is 10.8. The molecule has 0 spiro atoms. The first-order valence-corrected chi connectivity index (χ1v) is 17.3. The van der Waals surface area contributed by atoms with Crippen molar-refractivity contribution in [2.24, 2.45) is 0 Å². The standard InChI is InChI=1S/C38H29NO6S2/c1-45-38(42)28-8-6-25(7-9-28)26-11-17-33(18-12-26)47(44)24-31-16-10-29(22-39-31)27-13-19-32(20-14-27)46(43)23-30-15-21-36(37(40)41)35-5-3-2-4-34(30)35/h2-22H,23-24H2,1H3,(H,40,41). The maximum absolute atomic E-state index is 13.3. The van der Waals surface area contributed by atoms with Crippen molar-refractivity contribution in [3.05, 3.63) is 150 Å². The topological polar surface area (TPSA) is 123 Å². The molecule has 6 rings (SSSR count). The Labute approximate surface area is 278 Å². The van der Waals surface area contributed by atoms with Crippen LogP contribution < -0.4 is 0 Å². The SMILES string of the molecule is COC(=O)c1ccc(-c2ccc([S+]([O-])Cc3ccc(-c4ccc([S+]([O-])Cc5ccc(C(=O)O)c6ccccc56)cc4)cn3)cc2)cc1. The first-order chi connectivity index (χ1) is 22.8. The zero-order valence-corrected chi connectivity index (χ0v) is 26.9. The number of hydrogen-bond acceptors (Lipinski definition) is 6. The summed E-state index contributed by atoms with van der Waals surface area (Å²) in [6.45, 7) is 0. The van der Waals surface area contributed by atoms with E-state index in [1.165, 1.54) is 7.11 Å². The number of carboxylic acids is 1. The lowest BCUT2D eigenvalue weighted by molar-refractivity contribution is 0.0599. The molecule has 0 saturated heterocycles. The van der Waals surface area contributed by atoms with Gasteiger partial charge in [0, 0.05) is 17.3 Å². The zero-order chi connectivity index (χ0) is 32.9. The number of aromatic carboxylic acids is 1. The van der Waals surface area contributed by atoms with Gasteiger partial charge in [-0.15, -0.1) is 0 Å². The van der Waals surface area contributed by atoms with Crippen LogP contribution in [0.2, 0.25) is 0 Å². The van der Waals surface area contributed by atoms with Crippen molar-refractivity contribution >= 4 is 45.1 Å². The Morgan fingerprint density at radius 3 is 1.74 bits per heavy atom. The minimum atomic E-state index is -1.33. The predicted molar refractivity (Wildman–Crippen MR) is 184 cm³/mol. The molecule has 1 heterocycles. The summed E-state index contributed by atoms with van der Waals surface area (Å²) < 4.78 is 31.1. The van der Waals surface area contributed by atoms with Crippen molar-refractivity contribution in [3.8, 4) is 22.3 Å². The third-order valence-corrected chi connectivity index (χ3v) is 10.6. The van der Waals surface area contributed by atoms with Gasteiger partial charge in [-0.3, -0.25) is 4.98 Å². The Kier molecular flexibility index (Phi) is 9.70. The first-order valence-electron chi connectivity index (χ1n) is 14.7. The average molecular weight is 660 g/mol. The van der Waals surface area contributed by atoms with Crippen LogP contribution in [-0.4, -0.2) is 38.2 Å². The van der Waals surface area contributed by atoms with Crippen molar-refractivity contribution < 1.29 is 28.5 Å². The highest BCUT2D eigenvalue weighted by Gasteiger charge is 2.18. The van der Waals surface area contributed by atoms with Gasteiger partial charge < -0.3 is 18.9 Å². The molecule has 2 atom stereocenters. The van der Waals surface area contributed by atoms with E-state index >= 15 is 0 Å². The van der Waals surface area contributed by atoms with E-state index in [-0.39, 0.29) is 23.0 Å². The van der Waals surface area contributed by atoms with Gasteiger partial charge in [0.25, 0.3) is 0 Å². The van der Waals surface area contributed by atoms with Gasteiger partial charge in [0.2, 0.25) is 0 Å². The Balaban J connectivity index is 1.08. The molecule has 47 heavy (non-hydrogen) atoms. The summed E-state index contributed by atoms with van der Waals surface area (Å²) in [4.78, 5) is 29.2. The Morgan fingerprint density at radius 2 is 1.19 bits per heavy atom. The van der Waals surface area contributed by atoms with E-state index in [1.807, 2.05) is 84.9 Å². The van der Waals surface area contributed by atoms with Crippen molar-refractivity contribution in [1.82, 2.24) is 4.98 Å². The molecular formula is C38H29NO6S2. The van der Waals surface area contributed by atoms with E-state index in [1.54, 1.807) is 42.6 Å². The van der Waals surface area contributed by atoms with Crippen LogP contribution in [0.3, 0.4) is 0 Å². The molecule has 1 N–H and O–H groups in total. The number of nitrogens with zero attached hydrogens (tertiary/aromatic N) is 1. The van der Waals surface area contributed by atoms with Gasteiger partial charge in [0.1, 0.15) is 5.75 Å². The van der Waals surface area contributed by atoms with Gasteiger partial charge in [-0.05, 0) is 123 Å². The van der Waals surface area contributed by atoms with Crippen LogP contribution in [0.25, 0.3) is 33.0 Å². The monoisotopic (exact) mass is 659 g/mol. The summed E-state index contributed by atoms with van der Waals surface area (Å²) in [6.07, 6.45) is 1.75. The van der Waals surface area contributed by atoms with Crippen molar-refractivity contribution in [3.63, 3.8) is 0 Å². The van der Waals surface area contributed by atoms with Gasteiger partial charge in [0.05, 0.1) is 23.9 Å². The van der Waals surface area contributed by atoms with Crippen LogP contribution in [0, 0.1) is 0 Å². The molecule has 0 fully saturated rings. The van der Waals surface area contributed by atoms with Gasteiger partial charge >= 0.3 is 11.9 Å². The van der Waals surface area contributed by atoms with E-state index in [0.29, 0.717) is 26.4 Å². The first kappa shape index (κ1) is 32.0. The smallest absolute Gasteiger partial charge is 0.337 e. The highest BCUT2D eigenvalue weighted by molar-refractivity contribution is 7.91. The number of pyridine rings is 1. The van der Waals surface area contributed by atoms with Crippen LogP contribution >= 0.6 is 0 Å². The number of benzene rings is 5. The van der Waals surface area contributed by atoms with Crippen molar-refractivity contribution in [1.29, 1.82) is 0 Å². The van der Waals surface area contributed by atoms with E-state index in [2.05, 4.69) is 4.98 Å². The van der Waals surface area contributed by atoms with Gasteiger partial charge in [-0.1, -0.05) is 48.5 Å². The summed E-state index contributed by atoms with van der Waals surface area (Å²) in [7, 11) is 1.35. The molecule has 0 saturated carbocycles. The number of esters is 1. The molecule has 7 nitrogen and oxygen atoms in total. The van der Waals surface area contributed by atoms with Crippen molar-refractivity contribution in [2.45, 2.75) is 21.3 Å². The number of carbonyl (C=O) groups is 2. The minimum absolute atomic E-state index is 0.224. The van der Waals surface area contributed by atoms with Crippen LogP contribution in [-0.2, 0) is 38.6 Å². The van der Waals surface area contributed by atoms with Crippen LogP contribution in [0.15, 0.2) is 137 Å². The third-order valence-electron chi connectivity index (χ3n) is 7.84. The summed E-state index contributed by atoms with van der Waals surface area (Å²) >= 11 is -2.62. The number of ether oxygens (including phenoxy) is 1. The maximum atomic E-state index is 13.3. The summed E-state index contributed by atoms with van der Waals surface area (Å²) in [5.41, 5.74) is 5.92. The summed E-state index contributed by atoms with van der Waals surface area (Å²) in [5, 5.41) is 10.9. The molecule has 2 unspecified atom stereocenters. The number of fused-ring (bicyclic) bond motifs is 1. The molecule has 0 aliphatic heterocycles. The Bertz CT molecular complexity index is 2030. The summed E-state index contributed by atoms with van der Waals surface area (Å²) in [6, 6.07) is 36.5. The molecular weight excluding hydrogens is 631 g/mol. The molecule has 0 aliphatic rings. The van der Waals surface area contributed by atoms with E-state index in [0.717, 1.165) is 33.2 Å². The predicted octanol–water partition coefficient (Wildman–Crippen LogP) is 7.67. The molecule has 1 aromatic heterocycles. The molecule has 234 valence electrons. The van der Waals surface area contributed by atoms with Crippen LogP contribution in [0.4, 0.5) is 0 Å². The number of hydrogen-bond donors (Lipinski definition) is 1. The molecule has 9 heteroatoms. The largest absolute Gasteiger partial charge is 0.611 e. The highest BCUT2D eigenvalue weighted by Crippen LogP contribution is 2.29. The lowest BCUT2D eigenvalue weighted by Crippen LogP contribution is -2.07. The second-order valence-corrected chi connectivity index (χ2v) is 13.7. The fraction of sp³-hybridized carbons (Fsp3) is 0.0789. The van der Waals surface area contributed by atoms with Crippen LogP contribution in [0.5, 0.6) is 0 Å². The van der Waals surface area contributed by atoms with Crippen molar-refractivity contribution in [2.75, 3.05) is 7.11 Å². The van der Waals surface area contributed by atoms with E-state index in [9.17, 15) is 23.8 Å².